The minimum Gasteiger partial charge on any atom is -0.374 e. The van der Waals surface area contributed by atoms with Gasteiger partial charge in [-0.05, 0) is 22.3 Å². The van der Waals surface area contributed by atoms with E-state index in [2.05, 4.69) is 4.98 Å². The van der Waals surface area contributed by atoms with E-state index in [1.165, 1.54) is 0 Å². The molecule has 236 valence electrons. The largest absolute Gasteiger partial charge is 0.374 e. The average molecular weight is 617 g/mol. The molecule has 7 heteroatoms. The fraction of sp³-hybridized carbons (Fsp3) is 0.256. The SMILES string of the molecule is CN(C)c1[nH]c(-c2ccccc2)c([C@@H]2O[C@H](COCc3ccccc3)[C@@H](OCc3ccccc3)[C@H]2OCc2ccccc2)c1C=O. The Morgan fingerprint density at radius 3 is 1.72 bits per heavy atom. The third-order valence-electron chi connectivity index (χ3n) is 8.24. The quantitative estimate of drug-likeness (QED) is 0.131. The van der Waals surface area contributed by atoms with Crippen LogP contribution in [0.5, 0.6) is 0 Å². The summed E-state index contributed by atoms with van der Waals surface area (Å²) in [7, 11) is 3.84. The van der Waals surface area contributed by atoms with Gasteiger partial charge >= 0.3 is 0 Å². The van der Waals surface area contributed by atoms with Gasteiger partial charge in [-0.25, -0.2) is 0 Å². The zero-order chi connectivity index (χ0) is 31.7. The van der Waals surface area contributed by atoms with Crippen LogP contribution >= 0.6 is 0 Å². The maximum atomic E-state index is 12.8. The molecule has 4 atom stereocenters. The summed E-state index contributed by atoms with van der Waals surface area (Å²) < 4.78 is 26.6. The summed E-state index contributed by atoms with van der Waals surface area (Å²) in [4.78, 5) is 18.3. The molecule has 0 radical (unpaired) electrons. The Bertz CT molecular complexity index is 1660. The minimum atomic E-state index is -0.616. The number of rotatable bonds is 14. The maximum absolute atomic E-state index is 12.8. The number of anilines is 1. The van der Waals surface area contributed by atoms with Crippen LogP contribution in [0.3, 0.4) is 0 Å². The molecule has 1 aliphatic heterocycles. The number of hydrogen-bond donors (Lipinski definition) is 1. The van der Waals surface area contributed by atoms with Crippen LogP contribution < -0.4 is 4.90 Å². The number of hydrogen-bond acceptors (Lipinski definition) is 6. The van der Waals surface area contributed by atoms with Crippen LogP contribution in [-0.2, 0) is 38.8 Å². The summed E-state index contributed by atoms with van der Waals surface area (Å²) in [6, 6.07) is 40.2. The Morgan fingerprint density at radius 2 is 1.20 bits per heavy atom. The minimum absolute atomic E-state index is 0.290. The van der Waals surface area contributed by atoms with Gasteiger partial charge in [0.25, 0.3) is 0 Å². The highest BCUT2D eigenvalue weighted by molar-refractivity contribution is 5.90. The van der Waals surface area contributed by atoms with Crippen molar-refractivity contribution in [3.05, 3.63) is 149 Å². The van der Waals surface area contributed by atoms with E-state index >= 15 is 0 Å². The zero-order valence-electron chi connectivity index (χ0n) is 26.3. The molecule has 1 aliphatic rings. The Kier molecular flexibility index (Phi) is 10.4. The Hall–Kier alpha value is -4.53. The fourth-order valence-corrected chi connectivity index (χ4v) is 5.99. The summed E-state index contributed by atoms with van der Waals surface area (Å²) in [6.07, 6.45) is -1.19. The van der Waals surface area contributed by atoms with Crippen molar-refractivity contribution in [2.24, 2.45) is 0 Å². The van der Waals surface area contributed by atoms with Gasteiger partial charge in [0.1, 0.15) is 30.2 Å². The summed E-state index contributed by atoms with van der Waals surface area (Å²) in [5.41, 5.74) is 6.21. The predicted octanol–water partition coefficient (Wildman–Crippen LogP) is 7.39. The van der Waals surface area contributed by atoms with Crippen LogP contribution in [0.25, 0.3) is 11.3 Å². The Balaban J connectivity index is 1.39. The van der Waals surface area contributed by atoms with E-state index in [1.54, 1.807) is 0 Å². The van der Waals surface area contributed by atoms with Crippen molar-refractivity contribution >= 4 is 12.1 Å². The first-order valence-electron chi connectivity index (χ1n) is 15.6. The van der Waals surface area contributed by atoms with Crippen LogP contribution in [0.4, 0.5) is 5.82 Å². The van der Waals surface area contributed by atoms with E-state index in [-0.39, 0.29) is 6.61 Å². The standard InChI is InChI=1S/C39H40N2O5/c1-41(2)39-32(23-42)34(35(40-39)31-21-13-6-14-22-31)37-38(45-26-30-19-11-5-12-20-30)36(44-25-29-17-9-4-10-18-29)33(46-37)27-43-24-28-15-7-3-8-16-28/h3-23,33,36-38,40H,24-27H2,1-2H3/t33-,36-,37+,38-/m1/s1. The molecule has 0 unspecified atom stereocenters. The molecule has 1 saturated heterocycles. The second-order valence-corrected chi connectivity index (χ2v) is 11.7. The smallest absolute Gasteiger partial charge is 0.154 e. The van der Waals surface area contributed by atoms with Gasteiger partial charge < -0.3 is 28.8 Å². The van der Waals surface area contributed by atoms with Crippen molar-refractivity contribution < 1.29 is 23.7 Å². The van der Waals surface area contributed by atoms with E-state index in [4.69, 9.17) is 18.9 Å². The summed E-state index contributed by atoms with van der Waals surface area (Å²) in [6.45, 7) is 1.47. The van der Waals surface area contributed by atoms with Gasteiger partial charge in [0.2, 0.25) is 0 Å². The zero-order valence-corrected chi connectivity index (χ0v) is 26.3. The summed E-state index contributed by atoms with van der Waals surface area (Å²) in [5, 5.41) is 0. The van der Waals surface area contributed by atoms with E-state index in [1.807, 2.05) is 140 Å². The van der Waals surface area contributed by atoms with E-state index in [9.17, 15) is 4.79 Å². The fourth-order valence-electron chi connectivity index (χ4n) is 5.99. The number of nitrogens with one attached hydrogen (secondary N) is 1. The van der Waals surface area contributed by atoms with Gasteiger partial charge in [0.05, 0.1) is 37.7 Å². The van der Waals surface area contributed by atoms with Crippen LogP contribution in [0.1, 0.15) is 38.7 Å². The van der Waals surface area contributed by atoms with Gasteiger partial charge in [0.15, 0.2) is 6.29 Å². The molecule has 7 nitrogen and oxygen atoms in total. The van der Waals surface area contributed by atoms with Crippen LogP contribution in [-0.4, -0.2) is 50.3 Å². The molecule has 0 amide bonds. The molecule has 1 aromatic heterocycles. The van der Waals surface area contributed by atoms with E-state index in [0.29, 0.717) is 31.2 Å². The molecule has 5 aromatic rings. The van der Waals surface area contributed by atoms with Gasteiger partial charge in [-0.15, -0.1) is 0 Å². The molecule has 0 saturated carbocycles. The number of carbonyl (C=O) groups is 1. The number of nitrogens with zero attached hydrogens (tertiary/aromatic N) is 1. The summed E-state index contributed by atoms with van der Waals surface area (Å²) in [5.74, 6) is 0.708. The van der Waals surface area contributed by atoms with Crippen molar-refractivity contribution in [3.63, 3.8) is 0 Å². The van der Waals surface area contributed by atoms with E-state index < -0.39 is 24.4 Å². The van der Waals surface area contributed by atoms with Crippen LogP contribution in [0.2, 0.25) is 0 Å². The molecular weight excluding hydrogens is 576 g/mol. The number of carbonyl (C=O) groups excluding carboxylic acids is 1. The monoisotopic (exact) mass is 616 g/mol. The van der Waals surface area contributed by atoms with Gasteiger partial charge in [-0.1, -0.05) is 121 Å². The van der Waals surface area contributed by atoms with Crippen LogP contribution in [0, 0.1) is 0 Å². The lowest BCUT2D eigenvalue weighted by Gasteiger charge is -2.26. The lowest BCUT2D eigenvalue weighted by molar-refractivity contribution is -0.0898. The average Bonchev–Trinajstić information content (AvgIpc) is 3.66. The number of H-pyrrole nitrogens is 1. The summed E-state index contributed by atoms with van der Waals surface area (Å²) >= 11 is 0. The highest BCUT2D eigenvalue weighted by Crippen LogP contribution is 2.45. The molecule has 0 bridgehead atoms. The van der Waals surface area contributed by atoms with E-state index in [0.717, 1.165) is 39.8 Å². The number of ether oxygens (including phenoxy) is 4. The third kappa shape index (κ3) is 7.30. The molecule has 1 fully saturated rings. The molecule has 2 heterocycles. The first kappa shape index (κ1) is 31.5. The second-order valence-electron chi connectivity index (χ2n) is 11.7. The first-order chi connectivity index (χ1) is 22.6. The van der Waals surface area contributed by atoms with Gasteiger partial charge in [-0.3, -0.25) is 4.79 Å². The van der Waals surface area contributed by atoms with Crippen molar-refractivity contribution in [1.82, 2.24) is 4.98 Å². The first-order valence-corrected chi connectivity index (χ1v) is 15.6. The molecule has 0 spiro atoms. The Labute approximate surface area is 270 Å². The molecule has 4 aromatic carbocycles. The lowest BCUT2D eigenvalue weighted by atomic mass is 9.95. The maximum Gasteiger partial charge on any atom is 0.154 e. The van der Waals surface area contributed by atoms with Crippen molar-refractivity contribution in [1.29, 1.82) is 0 Å². The number of aromatic amines is 1. The van der Waals surface area contributed by atoms with Crippen molar-refractivity contribution in [2.45, 2.75) is 44.2 Å². The Morgan fingerprint density at radius 1 is 0.696 bits per heavy atom. The third-order valence-corrected chi connectivity index (χ3v) is 8.24. The predicted molar refractivity (Wildman–Crippen MR) is 180 cm³/mol. The highest BCUT2D eigenvalue weighted by Gasteiger charge is 2.49. The van der Waals surface area contributed by atoms with Crippen LogP contribution in [0.15, 0.2) is 121 Å². The van der Waals surface area contributed by atoms with Gasteiger partial charge in [0, 0.05) is 19.7 Å². The molecule has 1 N–H and O–H groups in total. The van der Waals surface area contributed by atoms with Crippen molar-refractivity contribution in [2.75, 3.05) is 25.6 Å². The second kappa shape index (κ2) is 15.2. The normalized spacial score (nSPS) is 19.3. The van der Waals surface area contributed by atoms with Gasteiger partial charge in [-0.2, -0.15) is 0 Å². The lowest BCUT2D eigenvalue weighted by Crippen LogP contribution is -2.38. The highest BCUT2D eigenvalue weighted by atomic mass is 16.6. The van der Waals surface area contributed by atoms with Crippen molar-refractivity contribution in [3.8, 4) is 11.3 Å². The number of benzene rings is 4. The molecular formula is C39H40N2O5. The number of aromatic nitrogens is 1. The molecule has 6 rings (SSSR count). The number of aldehydes is 1. The molecule has 0 aliphatic carbocycles. The topological polar surface area (TPSA) is 73.0 Å². The molecule has 46 heavy (non-hydrogen) atoms.